The van der Waals surface area contributed by atoms with Gasteiger partial charge in [0.2, 0.25) is 0 Å². The lowest BCUT2D eigenvalue weighted by Crippen LogP contribution is -2.35. The van der Waals surface area contributed by atoms with E-state index >= 15 is 0 Å². The Hall–Kier alpha value is -0.820. The standard InChI is InChI=1S/C17H28N4.HI/c1-4-21(5-2)13-15-9-7-6-8-14(15)12-19-17(18)20(3)16-10-11-16;/h6-9,16H,4-5,10-13H2,1-3H3,(H2,18,19);1H. The Kier molecular flexibility index (Phi) is 8.17. The third kappa shape index (κ3) is 5.43. The van der Waals surface area contributed by atoms with Gasteiger partial charge in [-0.05, 0) is 37.1 Å². The van der Waals surface area contributed by atoms with Crippen LogP contribution in [-0.4, -0.2) is 41.9 Å². The van der Waals surface area contributed by atoms with Gasteiger partial charge in [0.1, 0.15) is 0 Å². The van der Waals surface area contributed by atoms with Crippen molar-refractivity contribution in [3.05, 3.63) is 35.4 Å². The maximum atomic E-state index is 6.08. The van der Waals surface area contributed by atoms with Crippen molar-refractivity contribution in [3.8, 4) is 0 Å². The van der Waals surface area contributed by atoms with Gasteiger partial charge in [-0.25, -0.2) is 4.99 Å². The number of nitrogens with two attached hydrogens (primary N) is 1. The fourth-order valence-corrected chi connectivity index (χ4v) is 2.48. The van der Waals surface area contributed by atoms with Gasteiger partial charge in [-0.3, -0.25) is 4.90 Å². The van der Waals surface area contributed by atoms with Crippen LogP contribution in [0.15, 0.2) is 29.3 Å². The molecule has 2 N–H and O–H groups in total. The van der Waals surface area contributed by atoms with Crippen molar-refractivity contribution in [1.82, 2.24) is 9.80 Å². The summed E-state index contributed by atoms with van der Waals surface area (Å²) in [5.74, 6) is 0.662. The van der Waals surface area contributed by atoms with Crippen LogP contribution in [0.1, 0.15) is 37.8 Å². The van der Waals surface area contributed by atoms with Gasteiger partial charge in [0.15, 0.2) is 5.96 Å². The molecular formula is C17H29IN4. The first-order valence-corrected chi connectivity index (χ1v) is 7.97. The molecule has 0 bridgehead atoms. The molecule has 1 aliphatic rings. The summed E-state index contributed by atoms with van der Waals surface area (Å²) in [7, 11) is 2.04. The summed E-state index contributed by atoms with van der Waals surface area (Å²) in [6.07, 6.45) is 2.48. The summed E-state index contributed by atoms with van der Waals surface area (Å²) >= 11 is 0. The summed E-state index contributed by atoms with van der Waals surface area (Å²) in [4.78, 5) is 9.10. The molecule has 1 aromatic rings. The molecule has 0 unspecified atom stereocenters. The van der Waals surface area contributed by atoms with Crippen LogP contribution >= 0.6 is 24.0 Å². The minimum Gasteiger partial charge on any atom is -0.370 e. The number of benzene rings is 1. The molecule has 1 aromatic carbocycles. The Morgan fingerprint density at radius 1 is 1.18 bits per heavy atom. The lowest BCUT2D eigenvalue weighted by atomic mass is 10.1. The van der Waals surface area contributed by atoms with E-state index in [2.05, 4.69) is 52.9 Å². The minimum atomic E-state index is 0. The SMILES string of the molecule is CCN(CC)Cc1ccccc1CN=C(N)N(C)C1CC1.I. The fraction of sp³-hybridized carbons (Fsp3) is 0.588. The summed E-state index contributed by atoms with van der Waals surface area (Å²) in [6, 6.07) is 9.15. The van der Waals surface area contributed by atoms with Crippen molar-refractivity contribution in [2.45, 2.75) is 45.8 Å². The number of hydrogen-bond donors (Lipinski definition) is 1. The van der Waals surface area contributed by atoms with E-state index in [1.54, 1.807) is 0 Å². The van der Waals surface area contributed by atoms with Gasteiger partial charge >= 0.3 is 0 Å². The molecule has 1 aliphatic carbocycles. The van der Waals surface area contributed by atoms with E-state index in [4.69, 9.17) is 5.73 Å². The maximum Gasteiger partial charge on any atom is 0.191 e. The summed E-state index contributed by atoms with van der Waals surface area (Å²) in [6.45, 7) is 8.19. The van der Waals surface area contributed by atoms with Crippen LogP contribution in [0.4, 0.5) is 0 Å². The number of guanidine groups is 1. The Labute approximate surface area is 151 Å². The molecule has 0 aromatic heterocycles. The van der Waals surface area contributed by atoms with Gasteiger partial charge in [-0.1, -0.05) is 38.1 Å². The first kappa shape index (κ1) is 19.2. The average Bonchev–Trinajstić information content (AvgIpc) is 3.35. The molecular weight excluding hydrogens is 387 g/mol. The molecule has 0 saturated heterocycles. The molecule has 0 atom stereocenters. The summed E-state index contributed by atoms with van der Waals surface area (Å²) in [5.41, 5.74) is 8.70. The second-order valence-corrected chi connectivity index (χ2v) is 5.75. The number of aliphatic imine (C=N–C) groups is 1. The normalized spacial score (nSPS) is 14.8. The molecule has 1 saturated carbocycles. The molecule has 5 heteroatoms. The zero-order valence-electron chi connectivity index (χ0n) is 14.0. The fourth-order valence-electron chi connectivity index (χ4n) is 2.48. The molecule has 0 amide bonds. The number of nitrogens with zero attached hydrogens (tertiary/aromatic N) is 3. The van der Waals surface area contributed by atoms with Crippen molar-refractivity contribution < 1.29 is 0 Å². The van der Waals surface area contributed by atoms with E-state index < -0.39 is 0 Å². The van der Waals surface area contributed by atoms with Gasteiger partial charge in [0.25, 0.3) is 0 Å². The average molecular weight is 416 g/mol. The Bertz CT molecular complexity index is 481. The predicted octanol–water partition coefficient (Wildman–Crippen LogP) is 3.06. The van der Waals surface area contributed by atoms with E-state index in [-0.39, 0.29) is 24.0 Å². The van der Waals surface area contributed by atoms with E-state index in [9.17, 15) is 0 Å². The van der Waals surface area contributed by atoms with Gasteiger partial charge in [-0.15, -0.1) is 24.0 Å². The highest BCUT2D eigenvalue weighted by molar-refractivity contribution is 14.0. The highest BCUT2D eigenvalue weighted by atomic mass is 127. The monoisotopic (exact) mass is 416 g/mol. The zero-order valence-corrected chi connectivity index (χ0v) is 16.3. The topological polar surface area (TPSA) is 44.9 Å². The van der Waals surface area contributed by atoms with Crippen molar-refractivity contribution in [2.24, 2.45) is 10.7 Å². The third-order valence-electron chi connectivity index (χ3n) is 4.27. The Morgan fingerprint density at radius 2 is 1.77 bits per heavy atom. The largest absolute Gasteiger partial charge is 0.370 e. The van der Waals surface area contributed by atoms with Crippen LogP contribution in [0.2, 0.25) is 0 Å². The molecule has 22 heavy (non-hydrogen) atoms. The molecule has 124 valence electrons. The van der Waals surface area contributed by atoms with Gasteiger partial charge in [-0.2, -0.15) is 0 Å². The molecule has 0 heterocycles. The molecule has 0 radical (unpaired) electrons. The first-order valence-electron chi connectivity index (χ1n) is 7.97. The highest BCUT2D eigenvalue weighted by Gasteiger charge is 2.27. The van der Waals surface area contributed by atoms with Crippen LogP contribution in [0.3, 0.4) is 0 Å². The Morgan fingerprint density at radius 3 is 2.32 bits per heavy atom. The van der Waals surface area contributed by atoms with E-state index in [1.165, 1.54) is 24.0 Å². The second kappa shape index (κ2) is 9.35. The smallest absolute Gasteiger partial charge is 0.191 e. The molecule has 4 nitrogen and oxygen atoms in total. The summed E-state index contributed by atoms with van der Waals surface area (Å²) in [5, 5.41) is 0. The van der Waals surface area contributed by atoms with E-state index in [0.717, 1.165) is 19.6 Å². The van der Waals surface area contributed by atoms with Gasteiger partial charge in [0, 0.05) is 19.6 Å². The maximum absolute atomic E-state index is 6.08. The van der Waals surface area contributed by atoms with Crippen LogP contribution < -0.4 is 5.73 Å². The number of rotatable bonds is 7. The lowest BCUT2D eigenvalue weighted by Gasteiger charge is -2.20. The van der Waals surface area contributed by atoms with Crippen molar-refractivity contribution in [2.75, 3.05) is 20.1 Å². The zero-order chi connectivity index (χ0) is 15.2. The third-order valence-corrected chi connectivity index (χ3v) is 4.27. The van der Waals surface area contributed by atoms with Gasteiger partial charge in [0.05, 0.1) is 6.54 Å². The molecule has 1 fully saturated rings. The lowest BCUT2D eigenvalue weighted by molar-refractivity contribution is 0.295. The summed E-state index contributed by atoms with van der Waals surface area (Å²) < 4.78 is 0. The van der Waals surface area contributed by atoms with Crippen LogP contribution in [0, 0.1) is 0 Å². The second-order valence-electron chi connectivity index (χ2n) is 5.75. The Balaban J connectivity index is 0.00000242. The van der Waals surface area contributed by atoms with Crippen molar-refractivity contribution >= 4 is 29.9 Å². The molecule has 0 aliphatic heterocycles. The van der Waals surface area contributed by atoms with Crippen molar-refractivity contribution in [1.29, 1.82) is 0 Å². The number of hydrogen-bond acceptors (Lipinski definition) is 2. The van der Waals surface area contributed by atoms with Crippen LogP contribution in [0.5, 0.6) is 0 Å². The minimum absolute atomic E-state index is 0. The van der Waals surface area contributed by atoms with Crippen LogP contribution in [0.25, 0.3) is 0 Å². The predicted molar refractivity (Wildman–Crippen MR) is 105 cm³/mol. The van der Waals surface area contributed by atoms with E-state index in [0.29, 0.717) is 18.5 Å². The molecule has 0 spiro atoms. The number of halogens is 1. The van der Waals surface area contributed by atoms with Crippen LogP contribution in [-0.2, 0) is 13.1 Å². The van der Waals surface area contributed by atoms with Crippen molar-refractivity contribution in [3.63, 3.8) is 0 Å². The van der Waals surface area contributed by atoms with Gasteiger partial charge < -0.3 is 10.6 Å². The van der Waals surface area contributed by atoms with E-state index in [1.807, 2.05) is 7.05 Å². The highest BCUT2D eigenvalue weighted by Crippen LogP contribution is 2.25. The first-order chi connectivity index (χ1) is 10.2. The quantitative estimate of drug-likeness (QED) is 0.422. The molecule has 2 rings (SSSR count).